The smallest absolute Gasteiger partial charge is 0.0486 e. The van der Waals surface area contributed by atoms with E-state index in [4.69, 9.17) is 40.5 Å². The number of hydrogen-bond donors (Lipinski definition) is 1. The Morgan fingerprint density at radius 2 is 1.57 bits per heavy atom. The zero-order chi connectivity index (χ0) is 10.3. The van der Waals surface area contributed by atoms with E-state index < -0.39 is 0 Å². The molecular formula is C10H10Cl3N. The summed E-state index contributed by atoms with van der Waals surface area (Å²) in [7, 11) is 0. The molecule has 76 valence electrons. The average molecular weight is 251 g/mol. The topological polar surface area (TPSA) is 26.0 Å². The molecule has 0 spiro atoms. The van der Waals surface area contributed by atoms with E-state index in [0.717, 1.165) is 24.8 Å². The summed E-state index contributed by atoms with van der Waals surface area (Å²) in [6.07, 6.45) is 3.01. The maximum Gasteiger partial charge on any atom is 0.0486 e. The molecule has 0 saturated heterocycles. The lowest BCUT2D eigenvalue weighted by Crippen LogP contribution is -2.43. The molecule has 0 radical (unpaired) electrons. The Hall–Kier alpha value is 0.0500. The molecule has 2 rings (SSSR count). The van der Waals surface area contributed by atoms with Crippen LogP contribution in [0.3, 0.4) is 0 Å². The standard InChI is InChI=1S/C10H10Cl3N/c11-6-4-7(12)9(8(13)5-6)10(14)2-1-3-10/h4-5H,1-3,14H2. The third-order valence-electron chi connectivity index (χ3n) is 2.75. The van der Waals surface area contributed by atoms with E-state index in [-0.39, 0.29) is 5.54 Å². The summed E-state index contributed by atoms with van der Waals surface area (Å²) < 4.78 is 0. The largest absolute Gasteiger partial charge is 0.321 e. The third-order valence-corrected chi connectivity index (χ3v) is 3.56. The predicted molar refractivity (Wildman–Crippen MR) is 61.2 cm³/mol. The highest BCUT2D eigenvalue weighted by molar-refractivity contribution is 6.39. The van der Waals surface area contributed by atoms with Crippen LogP contribution in [0.1, 0.15) is 24.8 Å². The van der Waals surface area contributed by atoms with Crippen LogP contribution in [-0.2, 0) is 5.54 Å². The van der Waals surface area contributed by atoms with E-state index in [2.05, 4.69) is 0 Å². The quantitative estimate of drug-likeness (QED) is 0.801. The summed E-state index contributed by atoms with van der Waals surface area (Å²) in [6.45, 7) is 0. The first-order valence-corrected chi connectivity index (χ1v) is 5.60. The summed E-state index contributed by atoms with van der Waals surface area (Å²) >= 11 is 18.0. The van der Waals surface area contributed by atoms with Crippen molar-refractivity contribution in [2.24, 2.45) is 5.73 Å². The van der Waals surface area contributed by atoms with Gasteiger partial charge in [0.1, 0.15) is 0 Å². The van der Waals surface area contributed by atoms with Gasteiger partial charge in [0, 0.05) is 26.2 Å². The van der Waals surface area contributed by atoms with Gasteiger partial charge in [0.25, 0.3) is 0 Å². The molecule has 0 aromatic heterocycles. The molecule has 0 bridgehead atoms. The molecule has 0 amide bonds. The Kier molecular flexibility index (Phi) is 2.69. The number of rotatable bonds is 1. The molecule has 0 unspecified atom stereocenters. The first-order valence-electron chi connectivity index (χ1n) is 4.47. The summed E-state index contributed by atoms with van der Waals surface area (Å²) in [6, 6.07) is 3.38. The van der Waals surface area contributed by atoms with E-state index in [1.165, 1.54) is 0 Å². The van der Waals surface area contributed by atoms with Gasteiger partial charge < -0.3 is 5.73 Å². The van der Waals surface area contributed by atoms with E-state index in [1.54, 1.807) is 12.1 Å². The van der Waals surface area contributed by atoms with Gasteiger partial charge in [-0.05, 0) is 31.4 Å². The Labute approximate surface area is 98.1 Å². The van der Waals surface area contributed by atoms with Gasteiger partial charge in [0.05, 0.1) is 0 Å². The van der Waals surface area contributed by atoms with Crippen LogP contribution in [0, 0.1) is 0 Å². The van der Waals surface area contributed by atoms with Crippen molar-refractivity contribution < 1.29 is 0 Å². The molecule has 1 nitrogen and oxygen atoms in total. The lowest BCUT2D eigenvalue weighted by Gasteiger charge is -2.39. The van der Waals surface area contributed by atoms with E-state index in [1.807, 2.05) is 0 Å². The van der Waals surface area contributed by atoms with Gasteiger partial charge in [-0.25, -0.2) is 0 Å². The Bertz CT molecular complexity index is 349. The number of nitrogens with two attached hydrogens (primary N) is 1. The SMILES string of the molecule is NC1(c2c(Cl)cc(Cl)cc2Cl)CCC1. The molecule has 14 heavy (non-hydrogen) atoms. The molecule has 2 N–H and O–H groups in total. The Balaban J connectivity index is 2.52. The second-order valence-corrected chi connectivity index (χ2v) is 5.00. The lowest BCUT2D eigenvalue weighted by molar-refractivity contribution is 0.254. The van der Waals surface area contributed by atoms with E-state index in [0.29, 0.717) is 15.1 Å². The van der Waals surface area contributed by atoms with Crippen LogP contribution in [0.4, 0.5) is 0 Å². The first kappa shape index (κ1) is 10.6. The highest BCUT2D eigenvalue weighted by Crippen LogP contribution is 2.45. The van der Waals surface area contributed by atoms with Gasteiger partial charge in [-0.2, -0.15) is 0 Å². The van der Waals surface area contributed by atoms with Crippen molar-refractivity contribution in [2.75, 3.05) is 0 Å². The maximum atomic E-state index is 6.16. The fraction of sp³-hybridized carbons (Fsp3) is 0.400. The minimum atomic E-state index is -0.335. The first-order chi connectivity index (χ1) is 6.53. The molecule has 1 aliphatic rings. The van der Waals surface area contributed by atoms with Crippen LogP contribution in [0.5, 0.6) is 0 Å². The second kappa shape index (κ2) is 3.57. The van der Waals surface area contributed by atoms with Gasteiger partial charge in [-0.15, -0.1) is 0 Å². The molecule has 0 aliphatic heterocycles. The zero-order valence-electron chi connectivity index (χ0n) is 7.49. The Morgan fingerprint density at radius 1 is 1.07 bits per heavy atom. The molecule has 1 aromatic rings. The number of halogens is 3. The molecule has 1 saturated carbocycles. The summed E-state index contributed by atoms with van der Waals surface area (Å²) in [5.41, 5.74) is 6.67. The van der Waals surface area contributed by atoms with Crippen molar-refractivity contribution >= 4 is 34.8 Å². The second-order valence-electron chi connectivity index (χ2n) is 3.75. The van der Waals surface area contributed by atoms with E-state index in [9.17, 15) is 0 Å². The van der Waals surface area contributed by atoms with E-state index >= 15 is 0 Å². The van der Waals surface area contributed by atoms with Crippen LogP contribution in [0.15, 0.2) is 12.1 Å². The van der Waals surface area contributed by atoms with Crippen molar-refractivity contribution in [1.29, 1.82) is 0 Å². The highest BCUT2D eigenvalue weighted by atomic mass is 35.5. The van der Waals surface area contributed by atoms with Gasteiger partial charge in [0.2, 0.25) is 0 Å². The summed E-state index contributed by atoms with van der Waals surface area (Å²) in [5.74, 6) is 0. The average Bonchev–Trinajstić information content (AvgIpc) is 1.99. The number of hydrogen-bond acceptors (Lipinski definition) is 1. The lowest BCUT2D eigenvalue weighted by atomic mass is 9.73. The van der Waals surface area contributed by atoms with Gasteiger partial charge in [-0.1, -0.05) is 34.8 Å². The number of benzene rings is 1. The van der Waals surface area contributed by atoms with Gasteiger partial charge in [-0.3, -0.25) is 0 Å². The predicted octanol–water partition coefficient (Wildman–Crippen LogP) is 3.98. The fourth-order valence-electron chi connectivity index (χ4n) is 1.83. The van der Waals surface area contributed by atoms with Gasteiger partial charge >= 0.3 is 0 Å². The molecular weight excluding hydrogens is 240 g/mol. The monoisotopic (exact) mass is 249 g/mol. The molecule has 0 heterocycles. The highest BCUT2D eigenvalue weighted by Gasteiger charge is 2.37. The third kappa shape index (κ3) is 1.63. The molecule has 0 atom stereocenters. The minimum Gasteiger partial charge on any atom is -0.321 e. The molecule has 1 aliphatic carbocycles. The molecule has 1 aromatic carbocycles. The fourth-order valence-corrected chi connectivity index (χ4v) is 3.02. The van der Waals surface area contributed by atoms with Crippen molar-refractivity contribution in [3.8, 4) is 0 Å². The summed E-state index contributed by atoms with van der Waals surface area (Å²) in [5, 5.41) is 1.70. The van der Waals surface area contributed by atoms with Crippen LogP contribution < -0.4 is 5.73 Å². The van der Waals surface area contributed by atoms with Crippen molar-refractivity contribution in [1.82, 2.24) is 0 Å². The van der Waals surface area contributed by atoms with Crippen LogP contribution in [-0.4, -0.2) is 0 Å². The van der Waals surface area contributed by atoms with Crippen molar-refractivity contribution in [2.45, 2.75) is 24.8 Å². The Morgan fingerprint density at radius 3 is 1.93 bits per heavy atom. The summed E-state index contributed by atoms with van der Waals surface area (Å²) in [4.78, 5) is 0. The maximum absolute atomic E-state index is 6.16. The molecule has 1 fully saturated rings. The van der Waals surface area contributed by atoms with Crippen LogP contribution in [0.2, 0.25) is 15.1 Å². The van der Waals surface area contributed by atoms with Crippen LogP contribution in [0.25, 0.3) is 0 Å². The van der Waals surface area contributed by atoms with Crippen molar-refractivity contribution in [3.05, 3.63) is 32.8 Å². The van der Waals surface area contributed by atoms with Gasteiger partial charge in [0.15, 0.2) is 0 Å². The van der Waals surface area contributed by atoms with Crippen LogP contribution >= 0.6 is 34.8 Å². The molecule has 4 heteroatoms. The zero-order valence-corrected chi connectivity index (χ0v) is 9.76. The normalized spacial score (nSPS) is 19.1. The minimum absolute atomic E-state index is 0.335. The van der Waals surface area contributed by atoms with Crippen molar-refractivity contribution in [3.63, 3.8) is 0 Å².